The third kappa shape index (κ3) is 4.21. The molecule has 0 atom stereocenters. The summed E-state index contributed by atoms with van der Waals surface area (Å²) in [6.45, 7) is 0. The van der Waals surface area contributed by atoms with E-state index in [9.17, 15) is 0 Å². The first kappa shape index (κ1) is 27.4. The Morgan fingerprint density at radius 2 is 0.959 bits per heavy atom. The summed E-state index contributed by atoms with van der Waals surface area (Å²) in [4.78, 5) is 7.58. The van der Waals surface area contributed by atoms with Crippen molar-refractivity contribution in [3.05, 3.63) is 146 Å². The minimum Gasteiger partial charge on any atom is -0.456 e. The second kappa shape index (κ2) is 10.5. The van der Waals surface area contributed by atoms with Gasteiger partial charge in [0.05, 0.1) is 15.6 Å². The molecule has 0 N–H and O–H groups in total. The molecule has 11 aromatic rings. The van der Waals surface area contributed by atoms with Crippen LogP contribution in [0.15, 0.2) is 150 Å². The maximum atomic E-state index is 6.46. The molecular weight excluding hydrogens is 657 g/mol. The van der Waals surface area contributed by atoms with Crippen LogP contribution in [0.25, 0.3) is 83.1 Å². The number of benzene rings is 7. The van der Waals surface area contributed by atoms with Crippen molar-refractivity contribution in [3.63, 3.8) is 0 Å². The third-order valence-corrected chi connectivity index (χ3v) is 12.9. The van der Waals surface area contributed by atoms with Crippen molar-refractivity contribution in [1.82, 2.24) is 4.98 Å². The zero-order chi connectivity index (χ0) is 32.1. The Bertz CT molecular complexity index is 2960. The first-order valence-electron chi connectivity index (χ1n) is 16.2. The number of thiazole rings is 1. The number of anilines is 3. The van der Waals surface area contributed by atoms with E-state index in [-0.39, 0.29) is 0 Å². The largest absolute Gasteiger partial charge is 0.456 e. The van der Waals surface area contributed by atoms with Crippen LogP contribution in [0.2, 0.25) is 0 Å². The van der Waals surface area contributed by atoms with Gasteiger partial charge in [0.1, 0.15) is 16.2 Å². The molecule has 0 unspecified atom stereocenters. The summed E-state index contributed by atoms with van der Waals surface area (Å²) in [5.74, 6) is 0. The van der Waals surface area contributed by atoms with Gasteiger partial charge in [-0.2, -0.15) is 0 Å². The van der Waals surface area contributed by atoms with Crippen molar-refractivity contribution in [3.8, 4) is 10.6 Å². The molecule has 6 heteroatoms. The summed E-state index contributed by atoms with van der Waals surface area (Å²) >= 11 is 5.42. The van der Waals surface area contributed by atoms with E-state index in [4.69, 9.17) is 9.40 Å². The number of aromatic nitrogens is 1. The summed E-state index contributed by atoms with van der Waals surface area (Å²) in [5.41, 5.74) is 7.14. The third-order valence-electron chi connectivity index (χ3n) is 9.49. The van der Waals surface area contributed by atoms with E-state index in [1.165, 1.54) is 40.3 Å². The number of rotatable bonds is 4. The van der Waals surface area contributed by atoms with Crippen LogP contribution in [0.1, 0.15) is 0 Å². The molecule has 0 spiro atoms. The van der Waals surface area contributed by atoms with Crippen molar-refractivity contribution in [1.29, 1.82) is 0 Å². The van der Waals surface area contributed by atoms with E-state index in [0.29, 0.717) is 0 Å². The molecule has 3 nitrogen and oxygen atoms in total. The van der Waals surface area contributed by atoms with Crippen LogP contribution in [0.4, 0.5) is 17.1 Å². The van der Waals surface area contributed by atoms with Crippen molar-refractivity contribution < 1.29 is 4.42 Å². The first-order chi connectivity index (χ1) is 24.2. The zero-order valence-electron chi connectivity index (χ0n) is 25.9. The lowest BCUT2D eigenvalue weighted by Crippen LogP contribution is -2.09. The Morgan fingerprint density at radius 3 is 1.63 bits per heavy atom. The second-order valence-corrected chi connectivity index (χ2v) is 15.5. The molecule has 4 aromatic heterocycles. The molecule has 7 aromatic carbocycles. The number of fused-ring (bicyclic) bond motifs is 11. The molecule has 0 radical (unpaired) electrons. The molecule has 0 fully saturated rings. The van der Waals surface area contributed by atoms with Gasteiger partial charge in [-0.15, -0.1) is 34.0 Å². The van der Waals surface area contributed by atoms with Gasteiger partial charge >= 0.3 is 0 Å². The Balaban J connectivity index is 1.16. The minimum atomic E-state index is 0.855. The molecule has 0 aliphatic rings. The monoisotopic (exact) mass is 680 g/mol. The van der Waals surface area contributed by atoms with Gasteiger partial charge in [-0.3, -0.25) is 0 Å². The maximum absolute atomic E-state index is 6.46. The van der Waals surface area contributed by atoms with E-state index in [1.54, 1.807) is 11.3 Å². The number of nitrogens with zero attached hydrogens (tertiary/aromatic N) is 2. The highest BCUT2D eigenvalue weighted by Crippen LogP contribution is 2.45. The van der Waals surface area contributed by atoms with Crippen molar-refractivity contribution in [2.75, 3.05) is 4.90 Å². The quantitative estimate of drug-likeness (QED) is 0.185. The Morgan fingerprint density at radius 1 is 0.429 bits per heavy atom. The lowest BCUT2D eigenvalue weighted by atomic mass is 10.1. The Labute approximate surface area is 292 Å². The standard InChI is InChI=1S/C43H24N2OS3/c1-2-8-25(9-3-1)43-44-42-40(49-43)21-18-35-41(42)33-24-26(14-17-34(33)46-35)45(27-15-19-38-31(22-27)29-10-4-6-12-36(29)47-38)28-16-20-39-32(23-28)30-11-5-7-13-37(30)48-39/h1-24H. The van der Waals surface area contributed by atoms with E-state index in [0.717, 1.165) is 59.8 Å². The molecule has 0 amide bonds. The molecule has 230 valence electrons. The van der Waals surface area contributed by atoms with E-state index < -0.39 is 0 Å². The molecular formula is C43H24N2OS3. The average Bonchev–Trinajstić information content (AvgIpc) is 3.93. The van der Waals surface area contributed by atoms with Gasteiger partial charge in [-0.05, 0) is 78.9 Å². The fourth-order valence-corrected chi connectivity index (χ4v) is 10.4. The van der Waals surface area contributed by atoms with Crippen molar-refractivity contribution in [2.45, 2.75) is 0 Å². The van der Waals surface area contributed by atoms with Crippen LogP contribution in [0.3, 0.4) is 0 Å². The van der Waals surface area contributed by atoms with Gasteiger partial charge in [0, 0.05) is 68.4 Å². The van der Waals surface area contributed by atoms with Crippen LogP contribution >= 0.6 is 34.0 Å². The van der Waals surface area contributed by atoms with Crippen LogP contribution in [-0.2, 0) is 0 Å². The van der Waals surface area contributed by atoms with Gasteiger partial charge in [0.15, 0.2) is 0 Å². The highest BCUT2D eigenvalue weighted by Gasteiger charge is 2.20. The number of hydrogen-bond acceptors (Lipinski definition) is 6. The first-order valence-corrected chi connectivity index (χ1v) is 18.6. The topological polar surface area (TPSA) is 29.3 Å². The molecule has 0 aliphatic heterocycles. The van der Waals surface area contributed by atoms with Crippen LogP contribution in [0.5, 0.6) is 0 Å². The average molecular weight is 681 g/mol. The summed E-state index contributed by atoms with van der Waals surface area (Å²) in [6.07, 6.45) is 0. The van der Waals surface area contributed by atoms with Crippen LogP contribution in [-0.4, -0.2) is 4.98 Å². The summed E-state index contributed by atoms with van der Waals surface area (Å²) in [6, 6.07) is 52.4. The van der Waals surface area contributed by atoms with Crippen molar-refractivity contribution >= 4 is 124 Å². The SMILES string of the molecule is c1ccc(-c2nc3c(ccc4oc5ccc(N(c6ccc7sc8ccccc8c7c6)c6ccc7sc8ccccc8c7c6)cc5c43)s2)cc1. The predicted molar refractivity (Wildman–Crippen MR) is 213 cm³/mol. The molecule has 0 saturated heterocycles. The number of furan rings is 1. The predicted octanol–water partition coefficient (Wildman–Crippen LogP) is 14.1. The van der Waals surface area contributed by atoms with Crippen molar-refractivity contribution in [2.24, 2.45) is 0 Å². The maximum Gasteiger partial charge on any atom is 0.137 e. The van der Waals surface area contributed by atoms with Gasteiger partial charge in [0.25, 0.3) is 0 Å². The summed E-state index contributed by atoms with van der Waals surface area (Å²) in [5, 5.41) is 8.28. The van der Waals surface area contributed by atoms with Gasteiger partial charge in [-0.1, -0.05) is 66.7 Å². The lowest BCUT2D eigenvalue weighted by molar-refractivity contribution is 0.669. The Kier molecular flexibility index (Phi) is 5.87. The molecule has 0 bridgehead atoms. The Hall–Kier alpha value is -5.53. The smallest absolute Gasteiger partial charge is 0.137 e. The van der Waals surface area contributed by atoms with E-state index in [1.807, 2.05) is 28.7 Å². The highest BCUT2D eigenvalue weighted by molar-refractivity contribution is 7.26. The summed E-state index contributed by atoms with van der Waals surface area (Å²) in [7, 11) is 0. The molecule has 11 rings (SSSR count). The fraction of sp³-hybridized carbons (Fsp3) is 0. The summed E-state index contributed by atoms with van der Waals surface area (Å²) < 4.78 is 12.8. The lowest BCUT2D eigenvalue weighted by Gasteiger charge is -2.26. The van der Waals surface area contributed by atoms with Gasteiger partial charge in [-0.25, -0.2) is 4.98 Å². The normalized spacial score (nSPS) is 12.1. The fourth-order valence-electron chi connectivity index (χ4n) is 7.24. The van der Waals surface area contributed by atoms with Gasteiger partial charge < -0.3 is 9.32 Å². The van der Waals surface area contributed by atoms with Crippen LogP contribution in [0, 0.1) is 0 Å². The van der Waals surface area contributed by atoms with Crippen LogP contribution < -0.4 is 4.90 Å². The second-order valence-electron chi connectivity index (χ2n) is 12.3. The zero-order valence-corrected chi connectivity index (χ0v) is 28.3. The molecule has 49 heavy (non-hydrogen) atoms. The number of thiophene rings is 2. The molecule has 0 aliphatic carbocycles. The minimum absolute atomic E-state index is 0.855. The highest BCUT2D eigenvalue weighted by atomic mass is 32.1. The number of hydrogen-bond donors (Lipinski definition) is 0. The van der Waals surface area contributed by atoms with Gasteiger partial charge in [0.2, 0.25) is 0 Å². The van der Waals surface area contributed by atoms with E-state index in [2.05, 4.69) is 144 Å². The van der Waals surface area contributed by atoms with E-state index >= 15 is 0 Å². The molecule has 0 saturated carbocycles. The molecule has 4 heterocycles.